The zero-order chi connectivity index (χ0) is 4.24. The second kappa shape index (κ2) is 8.94. The Balaban J connectivity index is 0. The Morgan fingerprint density at radius 3 is 1.50 bits per heavy atom. The van der Waals surface area contributed by atoms with Crippen LogP contribution in [0.5, 0.6) is 0 Å². The minimum atomic E-state index is 0. The molecule has 0 atom stereocenters. The van der Waals surface area contributed by atoms with Gasteiger partial charge in [0.15, 0.2) is 0 Å². The Bertz CT molecular complexity index is 84.4. The first-order valence-corrected chi connectivity index (χ1v) is 3.33. The molecule has 8 heavy (non-hydrogen) atoms. The molecule has 0 aliphatic carbocycles. The van der Waals surface area contributed by atoms with E-state index in [1.165, 1.54) is 0 Å². The minimum absolute atomic E-state index is 0. The molecule has 0 nitrogen and oxygen atoms in total. The molecule has 0 aliphatic heterocycles. The molecule has 0 bridgehead atoms. The van der Waals surface area contributed by atoms with Gasteiger partial charge in [-0.3, -0.25) is 0 Å². The topological polar surface area (TPSA) is 0 Å². The minimum Gasteiger partial charge on any atom is -0.0805 e. The predicted octanol–water partition coefficient (Wildman–Crippen LogP) is 0.374. The molecule has 0 N–H and O–H groups in total. The molecule has 0 spiro atoms. The summed E-state index contributed by atoms with van der Waals surface area (Å²) in [5.74, 6) is 0. The summed E-state index contributed by atoms with van der Waals surface area (Å²) >= 11 is 0. The second-order valence-corrected chi connectivity index (χ2v) is 2.31. The molecule has 0 saturated carbocycles. The van der Waals surface area contributed by atoms with Crippen LogP contribution in [0.15, 0.2) is 29.6 Å². The maximum absolute atomic E-state index is 2.21. The molecular weight excluding hydrogens is 220 g/mol. The molecule has 2 radical (unpaired) electrons. The van der Waals surface area contributed by atoms with E-state index in [1.807, 2.05) is 0 Å². The van der Waals surface area contributed by atoms with Crippen LogP contribution in [0, 0.1) is 0 Å². The van der Waals surface area contributed by atoms with Crippen LogP contribution in [0.2, 0.25) is 0 Å². The van der Waals surface area contributed by atoms with Crippen molar-refractivity contribution in [3.63, 3.8) is 0 Å². The maximum Gasteiger partial charge on any atom is 0.0198 e. The number of hydrogen-bond donors (Lipinski definition) is 0. The molecular formula is C5H6KNbSi. The molecule has 0 saturated heterocycles. The zero-order valence-corrected chi connectivity index (χ0v) is 11.4. The molecule has 36 valence electrons. The van der Waals surface area contributed by atoms with E-state index in [0.29, 0.717) is 9.12 Å². The fraction of sp³-hybridized carbons (Fsp3) is 0. The number of hydrogen-bond acceptors (Lipinski definition) is 0. The van der Waals surface area contributed by atoms with Crippen LogP contribution < -0.4 is 0 Å². The standard InChI is InChI=1S/C5H6Si.K.Nb/c1-2-4-6-5-3-1;;/h1-6H;;. The van der Waals surface area contributed by atoms with Crippen molar-refractivity contribution in [2.45, 2.75) is 0 Å². The van der Waals surface area contributed by atoms with Crippen molar-refractivity contribution < 1.29 is 22.4 Å². The van der Waals surface area contributed by atoms with Gasteiger partial charge in [-0.25, -0.2) is 0 Å². The third kappa shape index (κ3) is 6.07. The van der Waals surface area contributed by atoms with Crippen molar-refractivity contribution in [1.29, 1.82) is 0 Å². The van der Waals surface area contributed by atoms with Gasteiger partial charge in [0.05, 0.1) is 0 Å². The molecule has 0 aliphatic rings. The maximum atomic E-state index is 2.21. The summed E-state index contributed by atoms with van der Waals surface area (Å²) in [6, 6.07) is 6.24. The van der Waals surface area contributed by atoms with Crippen LogP contribution in [0.25, 0.3) is 0 Å². The average Bonchev–Trinajstić information content (AvgIpc) is 1.72. The van der Waals surface area contributed by atoms with E-state index in [4.69, 9.17) is 0 Å². The Labute approximate surface area is 110 Å². The third-order valence-corrected chi connectivity index (χ3v) is 1.56. The van der Waals surface area contributed by atoms with Gasteiger partial charge in [-0.15, -0.1) is 0 Å². The van der Waals surface area contributed by atoms with Crippen LogP contribution >= 0.6 is 0 Å². The first kappa shape index (κ1) is 12.6. The summed E-state index contributed by atoms with van der Waals surface area (Å²) in [7, 11) is 0.513. The third-order valence-electron chi connectivity index (χ3n) is 0.667. The molecule has 1 heterocycles. The largest absolute Gasteiger partial charge is 0.0805 e. The Kier molecular flexibility index (Phi) is 14.1. The summed E-state index contributed by atoms with van der Waals surface area (Å²) in [4.78, 5) is 0. The normalized spacial score (nSPS) is 6.00. The molecule has 1 aromatic rings. The van der Waals surface area contributed by atoms with Crippen LogP contribution in [0.4, 0.5) is 0 Å². The number of rotatable bonds is 0. The molecule has 0 aromatic carbocycles. The van der Waals surface area contributed by atoms with Crippen molar-refractivity contribution in [3.05, 3.63) is 29.6 Å². The molecule has 0 amide bonds. The Hall–Kier alpha value is 1.94. The van der Waals surface area contributed by atoms with Crippen molar-refractivity contribution in [2.75, 3.05) is 0 Å². The smallest absolute Gasteiger partial charge is 0.0198 e. The summed E-state index contributed by atoms with van der Waals surface area (Å²) in [5.41, 5.74) is 4.42. The quantitative estimate of drug-likeness (QED) is 0.561. The second-order valence-electron chi connectivity index (χ2n) is 1.15. The van der Waals surface area contributed by atoms with E-state index in [2.05, 4.69) is 29.6 Å². The van der Waals surface area contributed by atoms with E-state index < -0.39 is 0 Å². The van der Waals surface area contributed by atoms with Gasteiger partial charge in [-0.2, -0.15) is 0 Å². The van der Waals surface area contributed by atoms with E-state index >= 15 is 0 Å². The average molecular weight is 226 g/mol. The van der Waals surface area contributed by atoms with Crippen molar-refractivity contribution >= 4 is 60.5 Å². The predicted molar refractivity (Wildman–Crippen MR) is 34.9 cm³/mol. The van der Waals surface area contributed by atoms with Crippen molar-refractivity contribution in [2.24, 2.45) is 0 Å². The van der Waals surface area contributed by atoms with Gasteiger partial charge in [0.2, 0.25) is 0 Å². The molecule has 1 rings (SSSR count). The zero-order valence-electron chi connectivity index (χ0n) is 4.91. The monoisotopic (exact) mass is 226 g/mol. The van der Waals surface area contributed by atoms with Crippen molar-refractivity contribution in [1.82, 2.24) is 0 Å². The molecule has 3 heteroatoms. The van der Waals surface area contributed by atoms with Gasteiger partial charge < -0.3 is 0 Å². The summed E-state index contributed by atoms with van der Waals surface area (Å²) in [6.07, 6.45) is 0. The first-order valence-electron chi connectivity index (χ1n) is 2.00. The fourth-order valence-electron chi connectivity index (χ4n) is 0.385. The van der Waals surface area contributed by atoms with E-state index in [-0.39, 0.29) is 73.8 Å². The first-order chi connectivity index (χ1) is 3.00. The Morgan fingerprint density at radius 2 is 1.38 bits per heavy atom. The summed E-state index contributed by atoms with van der Waals surface area (Å²) < 4.78 is 0. The fourth-order valence-corrected chi connectivity index (χ4v) is 1.03. The van der Waals surface area contributed by atoms with Crippen molar-refractivity contribution in [3.8, 4) is 0 Å². The molecule has 0 fully saturated rings. The van der Waals surface area contributed by atoms with Crippen LogP contribution in [0.3, 0.4) is 0 Å². The summed E-state index contributed by atoms with van der Waals surface area (Å²) in [5, 5.41) is 0. The molecule has 1 aromatic heterocycles. The van der Waals surface area contributed by atoms with E-state index in [1.54, 1.807) is 0 Å². The van der Waals surface area contributed by atoms with Gasteiger partial charge in [0, 0.05) is 82.9 Å². The van der Waals surface area contributed by atoms with Gasteiger partial charge in [-0.05, 0) is 0 Å². The van der Waals surface area contributed by atoms with Crippen LogP contribution in [-0.4, -0.2) is 60.5 Å². The Morgan fingerprint density at radius 1 is 0.875 bits per heavy atom. The van der Waals surface area contributed by atoms with Gasteiger partial charge in [-0.1, -0.05) is 29.6 Å². The van der Waals surface area contributed by atoms with Crippen LogP contribution in [0.1, 0.15) is 0 Å². The van der Waals surface area contributed by atoms with Gasteiger partial charge >= 0.3 is 0 Å². The summed E-state index contributed by atoms with van der Waals surface area (Å²) in [6.45, 7) is 0. The van der Waals surface area contributed by atoms with Gasteiger partial charge in [0.1, 0.15) is 0 Å². The van der Waals surface area contributed by atoms with E-state index in [9.17, 15) is 0 Å². The molecule has 0 unspecified atom stereocenters. The van der Waals surface area contributed by atoms with Crippen LogP contribution in [-0.2, 0) is 22.4 Å². The van der Waals surface area contributed by atoms with E-state index in [0.717, 1.165) is 0 Å². The van der Waals surface area contributed by atoms with Gasteiger partial charge in [0.25, 0.3) is 0 Å². The SMILES string of the molecule is [K].[Nb].c1cc[siH]cc1.